The summed E-state index contributed by atoms with van der Waals surface area (Å²) in [5.41, 5.74) is 11.0. The third kappa shape index (κ3) is 3.46. The van der Waals surface area contributed by atoms with Crippen molar-refractivity contribution in [2.75, 3.05) is 5.43 Å². The first-order chi connectivity index (χ1) is 8.75. The van der Waals surface area contributed by atoms with E-state index in [2.05, 4.69) is 5.43 Å². The highest BCUT2D eigenvalue weighted by molar-refractivity contribution is 7.80. The van der Waals surface area contributed by atoms with Gasteiger partial charge in [-0.25, -0.2) is 0 Å². The van der Waals surface area contributed by atoms with Gasteiger partial charge in [-0.2, -0.15) is 0 Å². The quantitative estimate of drug-likeness (QED) is 0.653. The summed E-state index contributed by atoms with van der Waals surface area (Å²) in [4.78, 5) is 0. The molecule has 0 bridgehead atoms. The number of anilines is 1. The minimum absolute atomic E-state index is 0.322. The number of hydrogen-bond donors (Lipinski definition) is 2. The molecule has 0 heterocycles. The van der Waals surface area contributed by atoms with Crippen LogP contribution in [-0.4, -0.2) is 10.1 Å². The lowest BCUT2D eigenvalue weighted by atomic mass is 10.2. The van der Waals surface area contributed by atoms with Crippen LogP contribution in [0.2, 0.25) is 0 Å². The Kier molecular flexibility index (Phi) is 4.15. The molecule has 0 radical (unpaired) electrons. The van der Waals surface area contributed by atoms with Gasteiger partial charge in [0.1, 0.15) is 0 Å². The zero-order chi connectivity index (χ0) is 12.8. The van der Waals surface area contributed by atoms with Crippen molar-refractivity contribution in [3.8, 4) is 0 Å². The molecule has 0 aliphatic carbocycles. The van der Waals surface area contributed by atoms with Crippen molar-refractivity contribution in [2.24, 2.45) is 5.73 Å². The van der Waals surface area contributed by atoms with E-state index in [9.17, 15) is 0 Å². The molecule has 2 rings (SSSR count). The first kappa shape index (κ1) is 12.4. The summed E-state index contributed by atoms with van der Waals surface area (Å²) >= 11 is 5.06. The van der Waals surface area contributed by atoms with E-state index in [0.717, 1.165) is 11.3 Å². The summed E-state index contributed by atoms with van der Waals surface area (Å²) < 4.78 is 0. The highest BCUT2D eigenvalue weighted by atomic mass is 32.1. The first-order valence-corrected chi connectivity index (χ1v) is 6.09. The van der Waals surface area contributed by atoms with Crippen LogP contribution in [-0.2, 0) is 6.54 Å². The number of nitrogens with zero attached hydrogens (tertiary/aromatic N) is 1. The van der Waals surface area contributed by atoms with Crippen molar-refractivity contribution in [3.05, 3.63) is 66.2 Å². The molecule has 0 amide bonds. The smallest absolute Gasteiger partial charge is 0.185 e. The molecule has 92 valence electrons. The normalized spacial score (nSPS) is 9.78. The van der Waals surface area contributed by atoms with E-state index in [4.69, 9.17) is 18.0 Å². The second-order valence-electron chi connectivity index (χ2n) is 3.89. The van der Waals surface area contributed by atoms with Crippen molar-refractivity contribution in [2.45, 2.75) is 6.54 Å². The van der Waals surface area contributed by atoms with Crippen LogP contribution >= 0.6 is 12.2 Å². The average Bonchev–Trinajstić information content (AvgIpc) is 2.40. The van der Waals surface area contributed by atoms with Crippen molar-refractivity contribution in [1.29, 1.82) is 0 Å². The van der Waals surface area contributed by atoms with E-state index in [1.165, 1.54) is 0 Å². The lowest BCUT2D eigenvalue weighted by Crippen LogP contribution is -2.39. The summed E-state index contributed by atoms with van der Waals surface area (Å²) in [6, 6.07) is 19.9. The van der Waals surface area contributed by atoms with Crippen LogP contribution in [0.15, 0.2) is 60.7 Å². The van der Waals surface area contributed by atoms with Crippen LogP contribution in [0.3, 0.4) is 0 Å². The van der Waals surface area contributed by atoms with Gasteiger partial charge in [-0.05, 0) is 29.9 Å². The van der Waals surface area contributed by atoms with Crippen LogP contribution in [0.25, 0.3) is 0 Å². The molecule has 18 heavy (non-hydrogen) atoms. The summed E-state index contributed by atoms with van der Waals surface area (Å²) in [5, 5.41) is 2.07. The van der Waals surface area contributed by atoms with E-state index >= 15 is 0 Å². The number of rotatable bonds is 4. The van der Waals surface area contributed by atoms with Gasteiger partial charge in [0.2, 0.25) is 0 Å². The molecule has 0 saturated carbocycles. The van der Waals surface area contributed by atoms with E-state index in [1.807, 2.05) is 60.7 Å². The molecule has 0 fully saturated rings. The van der Waals surface area contributed by atoms with Gasteiger partial charge in [-0.1, -0.05) is 48.5 Å². The van der Waals surface area contributed by atoms with E-state index < -0.39 is 0 Å². The van der Waals surface area contributed by atoms with Crippen molar-refractivity contribution in [3.63, 3.8) is 0 Å². The van der Waals surface area contributed by atoms with E-state index in [-0.39, 0.29) is 0 Å². The Balaban J connectivity index is 2.08. The molecular weight excluding hydrogens is 242 g/mol. The van der Waals surface area contributed by atoms with Gasteiger partial charge in [0.05, 0.1) is 12.2 Å². The maximum Gasteiger partial charge on any atom is 0.185 e. The van der Waals surface area contributed by atoms with Crippen LogP contribution in [0.5, 0.6) is 0 Å². The van der Waals surface area contributed by atoms with E-state index in [1.54, 1.807) is 5.01 Å². The lowest BCUT2D eigenvalue weighted by molar-refractivity contribution is 0.495. The third-order valence-electron chi connectivity index (χ3n) is 2.49. The van der Waals surface area contributed by atoms with Gasteiger partial charge in [-0.3, -0.25) is 10.4 Å². The molecule has 0 aromatic heterocycles. The van der Waals surface area contributed by atoms with Gasteiger partial charge in [0, 0.05) is 0 Å². The number of nitrogens with one attached hydrogen (secondary N) is 1. The standard InChI is InChI=1S/C14H15N3S/c15-14(18)17(11-12-7-3-1-4-8-12)16-13-9-5-2-6-10-13/h1-10,16H,11H2,(H2,15,18). The number of hydrazine groups is 1. The molecular formula is C14H15N3S. The fraction of sp³-hybridized carbons (Fsp3) is 0.0714. The Hall–Kier alpha value is -2.07. The van der Waals surface area contributed by atoms with Gasteiger partial charge in [0.15, 0.2) is 5.11 Å². The highest BCUT2D eigenvalue weighted by Crippen LogP contribution is 2.10. The minimum Gasteiger partial charge on any atom is -0.375 e. The van der Waals surface area contributed by atoms with Crippen molar-refractivity contribution in [1.82, 2.24) is 5.01 Å². The Morgan fingerprint density at radius 3 is 2.11 bits per heavy atom. The number of para-hydroxylation sites is 1. The molecule has 3 nitrogen and oxygen atoms in total. The van der Waals surface area contributed by atoms with Gasteiger partial charge < -0.3 is 5.73 Å². The summed E-state index contributed by atoms with van der Waals surface area (Å²) in [6.45, 7) is 0.630. The SMILES string of the molecule is NC(=S)N(Cc1ccccc1)Nc1ccccc1. The molecule has 3 N–H and O–H groups in total. The minimum atomic E-state index is 0.322. The molecule has 0 saturated heterocycles. The van der Waals surface area contributed by atoms with Gasteiger partial charge in [0.25, 0.3) is 0 Å². The highest BCUT2D eigenvalue weighted by Gasteiger charge is 2.06. The Labute approximate surface area is 112 Å². The summed E-state index contributed by atoms with van der Waals surface area (Å²) in [5.74, 6) is 0. The predicted octanol–water partition coefficient (Wildman–Crippen LogP) is 2.76. The van der Waals surface area contributed by atoms with Crippen LogP contribution < -0.4 is 11.2 Å². The fourth-order valence-corrected chi connectivity index (χ4v) is 1.72. The Morgan fingerprint density at radius 2 is 1.56 bits per heavy atom. The molecule has 0 atom stereocenters. The largest absolute Gasteiger partial charge is 0.375 e. The van der Waals surface area contributed by atoms with Gasteiger partial charge >= 0.3 is 0 Å². The average molecular weight is 257 g/mol. The maximum absolute atomic E-state index is 5.73. The van der Waals surface area contributed by atoms with Crippen molar-refractivity contribution < 1.29 is 0 Å². The number of benzene rings is 2. The first-order valence-electron chi connectivity index (χ1n) is 5.68. The fourth-order valence-electron chi connectivity index (χ4n) is 1.61. The van der Waals surface area contributed by atoms with Crippen LogP contribution in [0, 0.1) is 0 Å². The molecule has 0 spiro atoms. The number of nitrogens with two attached hydrogens (primary N) is 1. The summed E-state index contributed by atoms with van der Waals surface area (Å²) in [6.07, 6.45) is 0. The molecule has 4 heteroatoms. The second-order valence-corrected chi connectivity index (χ2v) is 4.31. The molecule has 2 aromatic rings. The number of thiocarbonyl (C=S) groups is 1. The van der Waals surface area contributed by atoms with Crippen molar-refractivity contribution >= 4 is 23.0 Å². The zero-order valence-corrected chi connectivity index (χ0v) is 10.7. The summed E-state index contributed by atoms with van der Waals surface area (Å²) in [7, 11) is 0. The molecule has 0 aliphatic rings. The van der Waals surface area contributed by atoms with Crippen LogP contribution in [0.4, 0.5) is 5.69 Å². The van der Waals surface area contributed by atoms with Gasteiger partial charge in [-0.15, -0.1) is 0 Å². The molecule has 2 aromatic carbocycles. The van der Waals surface area contributed by atoms with E-state index in [0.29, 0.717) is 11.7 Å². The second kappa shape index (κ2) is 6.02. The molecule has 0 aliphatic heterocycles. The number of hydrogen-bond acceptors (Lipinski definition) is 2. The maximum atomic E-state index is 5.73. The lowest BCUT2D eigenvalue weighted by Gasteiger charge is -2.24. The molecule has 0 unspecified atom stereocenters. The monoisotopic (exact) mass is 257 g/mol. The third-order valence-corrected chi connectivity index (χ3v) is 2.71. The Morgan fingerprint density at radius 1 is 1.00 bits per heavy atom. The Bertz CT molecular complexity index is 457. The topological polar surface area (TPSA) is 41.3 Å². The zero-order valence-electron chi connectivity index (χ0n) is 9.91. The van der Waals surface area contributed by atoms with Crippen LogP contribution in [0.1, 0.15) is 5.56 Å². The predicted molar refractivity (Wildman–Crippen MR) is 78.8 cm³/mol.